The van der Waals surface area contributed by atoms with Gasteiger partial charge in [-0.05, 0) is 17.7 Å². The van der Waals surface area contributed by atoms with Gasteiger partial charge in [-0.15, -0.1) is 0 Å². The van der Waals surface area contributed by atoms with Crippen LogP contribution in [0.25, 0.3) is 0 Å². The highest BCUT2D eigenvalue weighted by atomic mass is 15.0. The average Bonchev–Trinajstić information content (AvgIpc) is 2.17. The molecule has 1 aliphatic heterocycles. The Balaban J connectivity index is 2.78. The molecular formula is C10H15BN2. The van der Waals surface area contributed by atoms with Gasteiger partial charge in [0.25, 0.3) is 0 Å². The second kappa shape index (κ2) is 4.80. The first kappa shape index (κ1) is 9.97. The maximum Gasteiger partial charge on any atom is 0.115 e. The number of rotatable bonds is 1. The third kappa shape index (κ3) is 3.41. The number of hydrogen-bond donors (Lipinski definition) is 2. The van der Waals surface area contributed by atoms with Gasteiger partial charge in [-0.3, -0.25) is 0 Å². The minimum absolute atomic E-state index is 0.509. The van der Waals surface area contributed by atoms with Crippen LogP contribution in [0.5, 0.6) is 0 Å². The standard InChI is InChI=1S/C10H15BN2/c1-8(2)9-3-4-10(11)6-13-7-12-5-9/h3-6,8,12-13H,7H2,1-2H3/b4-3+,9-5+,10-6+. The summed E-state index contributed by atoms with van der Waals surface area (Å²) in [5.41, 5.74) is 2.00. The van der Waals surface area contributed by atoms with Gasteiger partial charge in [-0.2, -0.15) is 0 Å². The molecule has 13 heavy (non-hydrogen) atoms. The zero-order chi connectivity index (χ0) is 9.68. The van der Waals surface area contributed by atoms with E-state index in [1.807, 2.05) is 18.4 Å². The van der Waals surface area contributed by atoms with Crippen molar-refractivity contribution < 1.29 is 0 Å². The van der Waals surface area contributed by atoms with Gasteiger partial charge in [0, 0.05) is 6.20 Å². The quantitative estimate of drug-likeness (QED) is 0.584. The van der Waals surface area contributed by atoms with E-state index < -0.39 is 0 Å². The van der Waals surface area contributed by atoms with E-state index in [0.717, 1.165) is 5.47 Å². The van der Waals surface area contributed by atoms with E-state index in [1.54, 1.807) is 6.20 Å². The molecule has 2 radical (unpaired) electrons. The topological polar surface area (TPSA) is 24.1 Å². The lowest BCUT2D eigenvalue weighted by molar-refractivity contribution is 0.737. The van der Waals surface area contributed by atoms with E-state index in [4.69, 9.17) is 7.85 Å². The van der Waals surface area contributed by atoms with E-state index >= 15 is 0 Å². The Morgan fingerprint density at radius 3 is 2.62 bits per heavy atom. The zero-order valence-electron chi connectivity index (χ0n) is 8.17. The molecular weight excluding hydrogens is 159 g/mol. The molecule has 0 saturated heterocycles. The molecule has 1 aliphatic rings. The van der Waals surface area contributed by atoms with Crippen molar-refractivity contribution in [1.29, 1.82) is 0 Å². The monoisotopic (exact) mass is 174 g/mol. The molecule has 0 aromatic carbocycles. The summed E-state index contributed by atoms with van der Waals surface area (Å²) in [5, 5.41) is 6.20. The molecule has 0 amide bonds. The summed E-state index contributed by atoms with van der Waals surface area (Å²) in [7, 11) is 5.69. The van der Waals surface area contributed by atoms with Crippen molar-refractivity contribution in [2.24, 2.45) is 5.92 Å². The molecule has 0 fully saturated rings. The van der Waals surface area contributed by atoms with E-state index in [9.17, 15) is 0 Å². The fraction of sp³-hybridized carbons (Fsp3) is 0.400. The summed E-state index contributed by atoms with van der Waals surface area (Å²) >= 11 is 0. The predicted octanol–water partition coefficient (Wildman–Crippen LogP) is 1.24. The molecule has 2 N–H and O–H groups in total. The summed E-state index contributed by atoms with van der Waals surface area (Å²) < 4.78 is 0. The van der Waals surface area contributed by atoms with Gasteiger partial charge in [-0.25, -0.2) is 0 Å². The molecule has 0 spiro atoms. The Labute approximate surface area is 81.2 Å². The van der Waals surface area contributed by atoms with Crippen LogP contribution >= 0.6 is 0 Å². The van der Waals surface area contributed by atoms with Gasteiger partial charge >= 0.3 is 0 Å². The van der Waals surface area contributed by atoms with E-state index in [2.05, 4.69) is 24.5 Å². The first-order valence-electron chi connectivity index (χ1n) is 4.50. The first-order valence-corrected chi connectivity index (χ1v) is 4.50. The summed E-state index contributed by atoms with van der Waals surface area (Å²) in [5.74, 6) is 0.509. The van der Waals surface area contributed by atoms with Gasteiger partial charge < -0.3 is 10.6 Å². The largest absolute Gasteiger partial charge is 0.374 e. The Kier molecular flexibility index (Phi) is 3.68. The highest BCUT2D eigenvalue weighted by Crippen LogP contribution is 2.11. The smallest absolute Gasteiger partial charge is 0.115 e. The molecule has 0 unspecified atom stereocenters. The molecule has 0 aromatic rings. The molecule has 1 rings (SSSR count). The van der Waals surface area contributed by atoms with Gasteiger partial charge in [0.15, 0.2) is 0 Å². The van der Waals surface area contributed by atoms with Crippen LogP contribution in [-0.2, 0) is 0 Å². The van der Waals surface area contributed by atoms with E-state index in [-0.39, 0.29) is 0 Å². The first-order chi connectivity index (χ1) is 6.20. The van der Waals surface area contributed by atoms with Crippen LogP contribution < -0.4 is 10.6 Å². The lowest BCUT2D eigenvalue weighted by atomic mass is 9.94. The number of allylic oxidation sites excluding steroid dienone is 4. The number of nitrogens with one attached hydrogen (secondary N) is 2. The van der Waals surface area contributed by atoms with Crippen molar-refractivity contribution in [1.82, 2.24) is 10.6 Å². The minimum Gasteiger partial charge on any atom is -0.374 e. The average molecular weight is 174 g/mol. The molecule has 0 atom stereocenters. The summed E-state index contributed by atoms with van der Waals surface area (Å²) in [4.78, 5) is 0. The Morgan fingerprint density at radius 1 is 1.23 bits per heavy atom. The third-order valence-corrected chi connectivity index (χ3v) is 1.88. The maximum absolute atomic E-state index is 5.69. The summed E-state index contributed by atoms with van der Waals surface area (Å²) in [6, 6.07) is 0. The molecule has 3 heteroatoms. The van der Waals surface area contributed by atoms with Gasteiger partial charge in [0.05, 0.1) is 6.67 Å². The van der Waals surface area contributed by atoms with Crippen molar-refractivity contribution >= 4 is 7.85 Å². The van der Waals surface area contributed by atoms with Crippen LogP contribution in [0.3, 0.4) is 0 Å². The van der Waals surface area contributed by atoms with Crippen LogP contribution in [0, 0.1) is 5.92 Å². The highest BCUT2D eigenvalue weighted by molar-refractivity contribution is 6.23. The molecule has 68 valence electrons. The third-order valence-electron chi connectivity index (χ3n) is 1.88. The van der Waals surface area contributed by atoms with Gasteiger partial charge in [0.1, 0.15) is 7.85 Å². The van der Waals surface area contributed by atoms with Crippen LogP contribution in [0.4, 0.5) is 0 Å². The fourth-order valence-corrected chi connectivity index (χ4v) is 1.04. The van der Waals surface area contributed by atoms with Crippen LogP contribution in [0.2, 0.25) is 0 Å². The predicted molar refractivity (Wildman–Crippen MR) is 57.0 cm³/mol. The van der Waals surface area contributed by atoms with Crippen molar-refractivity contribution in [2.45, 2.75) is 13.8 Å². The highest BCUT2D eigenvalue weighted by Gasteiger charge is 1.98. The fourth-order valence-electron chi connectivity index (χ4n) is 1.04. The Morgan fingerprint density at radius 2 is 1.92 bits per heavy atom. The van der Waals surface area contributed by atoms with Crippen molar-refractivity contribution in [3.8, 4) is 0 Å². The molecule has 2 nitrogen and oxygen atoms in total. The Bertz CT molecular complexity index is 252. The van der Waals surface area contributed by atoms with Crippen molar-refractivity contribution in [2.75, 3.05) is 6.67 Å². The Hall–Kier alpha value is -1.12. The molecule has 1 heterocycles. The minimum atomic E-state index is 0.509. The maximum atomic E-state index is 5.69. The molecule has 0 bridgehead atoms. The summed E-state index contributed by atoms with van der Waals surface area (Å²) in [6.45, 7) is 5.02. The van der Waals surface area contributed by atoms with Crippen LogP contribution in [0.1, 0.15) is 13.8 Å². The lowest BCUT2D eigenvalue weighted by Gasteiger charge is -2.06. The SMILES string of the molecule is [B]C1=C\NCN\C=C(C(C)C)/C=C/1. The van der Waals surface area contributed by atoms with Gasteiger partial charge in [0.2, 0.25) is 0 Å². The van der Waals surface area contributed by atoms with Crippen molar-refractivity contribution in [3.63, 3.8) is 0 Å². The van der Waals surface area contributed by atoms with E-state index in [1.165, 1.54) is 5.57 Å². The van der Waals surface area contributed by atoms with Gasteiger partial charge in [-0.1, -0.05) is 31.5 Å². The van der Waals surface area contributed by atoms with Crippen LogP contribution in [0.15, 0.2) is 35.6 Å². The van der Waals surface area contributed by atoms with E-state index in [0.29, 0.717) is 12.6 Å². The molecule has 0 saturated carbocycles. The second-order valence-corrected chi connectivity index (χ2v) is 3.36. The summed E-state index contributed by atoms with van der Waals surface area (Å²) in [6.07, 6.45) is 7.75. The number of hydrogen-bond acceptors (Lipinski definition) is 2. The lowest BCUT2D eigenvalue weighted by Crippen LogP contribution is -2.21. The van der Waals surface area contributed by atoms with Crippen molar-refractivity contribution in [3.05, 3.63) is 35.6 Å². The molecule has 0 aromatic heterocycles. The zero-order valence-corrected chi connectivity index (χ0v) is 8.17. The second-order valence-electron chi connectivity index (χ2n) is 3.36. The van der Waals surface area contributed by atoms with Crippen LogP contribution in [-0.4, -0.2) is 14.5 Å². The molecule has 0 aliphatic carbocycles. The normalized spacial score (nSPS) is 27.9.